The first-order valence-electron chi connectivity index (χ1n) is 5.58. The highest BCUT2D eigenvalue weighted by Crippen LogP contribution is 2.14. The maximum Gasteiger partial charge on any atom is 0.240 e. The van der Waals surface area contributed by atoms with Gasteiger partial charge in [-0.05, 0) is 23.6 Å². The number of nitrogens with two attached hydrogens (primary N) is 1. The van der Waals surface area contributed by atoms with Crippen molar-refractivity contribution < 1.29 is 9.59 Å². The summed E-state index contributed by atoms with van der Waals surface area (Å²) in [6.07, 6.45) is 5.48. The lowest BCUT2D eigenvalue weighted by Gasteiger charge is -2.24. The van der Waals surface area contributed by atoms with E-state index >= 15 is 0 Å². The van der Waals surface area contributed by atoms with E-state index in [1.807, 2.05) is 0 Å². The number of hydrogen-bond donors (Lipinski definition) is 1. The molecule has 0 spiro atoms. The SMILES string of the molecule is CCC(C(N)=O)N1C=CC(CN=[N+]=[N-])=CCC1=O. The number of hydrogen-bond acceptors (Lipinski definition) is 3. The van der Waals surface area contributed by atoms with E-state index in [4.69, 9.17) is 11.3 Å². The molecule has 1 atom stereocenters. The highest BCUT2D eigenvalue weighted by Gasteiger charge is 2.25. The molecule has 0 fully saturated rings. The van der Waals surface area contributed by atoms with Crippen LogP contribution in [-0.4, -0.2) is 29.3 Å². The summed E-state index contributed by atoms with van der Waals surface area (Å²) >= 11 is 0. The molecule has 0 saturated heterocycles. The van der Waals surface area contributed by atoms with Crippen LogP contribution < -0.4 is 5.73 Å². The molecule has 0 radical (unpaired) electrons. The van der Waals surface area contributed by atoms with Crippen LogP contribution in [0.3, 0.4) is 0 Å². The summed E-state index contributed by atoms with van der Waals surface area (Å²) in [4.78, 5) is 27.1. The fourth-order valence-electron chi connectivity index (χ4n) is 1.69. The molecule has 1 aliphatic rings. The molecule has 1 aliphatic heterocycles. The number of rotatable bonds is 5. The average Bonchev–Trinajstić information content (AvgIpc) is 2.51. The van der Waals surface area contributed by atoms with E-state index in [1.165, 1.54) is 11.1 Å². The van der Waals surface area contributed by atoms with Gasteiger partial charge in [0.15, 0.2) is 0 Å². The van der Waals surface area contributed by atoms with Crippen molar-refractivity contribution >= 4 is 11.8 Å². The van der Waals surface area contributed by atoms with E-state index in [-0.39, 0.29) is 18.9 Å². The predicted molar refractivity (Wildman–Crippen MR) is 66.0 cm³/mol. The summed E-state index contributed by atoms with van der Waals surface area (Å²) < 4.78 is 0. The van der Waals surface area contributed by atoms with E-state index in [0.29, 0.717) is 6.42 Å². The van der Waals surface area contributed by atoms with Gasteiger partial charge in [-0.15, -0.1) is 0 Å². The Bertz CT molecular complexity index is 448. The number of amides is 2. The quantitative estimate of drug-likeness (QED) is 0.448. The summed E-state index contributed by atoms with van der Waals surface area (Å²) in [5, 5.41) is 3.43. The Balaban J connectivity index is 2.88. The fourth-order valence-corrected chi connectivity index (χ4v) is 1.69. The Hall–Kier alpha value is -2.27. The molecule has 7 heteroatoms. The maximum absolute atomic E-state index is 11.9. The van der Waals surface area contributed by atoms with Gasteiger partial charge in [0.25, 0.3) is 0 Å². The Morgan fingerprint density at radius 3 is 3.00 bits per heavy atom. The molecule has 0 saturated carbocycles. The normalized spacial score (nSPS) is 16.6. The number of nitrogens with zero attached hydrogens (tertiary/aromatic N) is 4. The monoisotopic (exact) mass is 249 g/mol. The molecule has 0 aromatic rings. The van der Waals surface area contributed by atoms with Gasteiger partial charge < -0.3 is 10.6 Å². The molecule has 0 bridgehead atoms. The lowest BCUT2D eigenvalue weighted by molar-refractivity contribution is -0.135. The second-order valence-electron chi connectivity index (χ2n) is 3.82. The van der Waals surface area contributed by atoms with Crippen LogP contribution in [0.5, 0.6) is 0 Å². The Morgan fingerprint density at radius 2 is 2.44 bits per heavy atom. The van der Waals surface area contributed by atoms with E-state index in [0.717, 1.165) is 5.57 Å². The largest absolute Gasteiger partial charge is 0.368 e. The average molecular weight is 249 g/mol. The molecular formula is C11H15N5O2. The third kappa shape index (κ3) is 3.36. The van der Waals surface area contributed by atoms with Gasteiger partial charge in [0.05, 0.1) is 6.54 Å². The van der Waals surface area contributed by atoms with Gasteiger partial charge in [-0.1, -0.05) is 18.1 Å². The minimum Gasteiger partial charge on any atom is -0.368 e. The molecule has 1 heterocycles. The summed E-state index contributed by atoms with van der Waals surface area (Å²) in [5.74, 6) is -0.734. The molecule has 1 rings (SSSR count). The minimum atomic E-state index is -0.638. The van der Waals surface area contributed by atoms with Gasteiger partial charge in [0, 0.05) is 17.5 Å². The smallest absolute Gasteiger partial charge is 0.240 e. The van der Waals surface area contributed by atoms with Crippen LogP contribution in [-0.2, 0) is 9.59 Å². The van der Waals surface area contributed by atoms with Crippen LogP contribution in [0.2, 0.25) is 0 Å². The van der Waals surface area contributed by atoms with Crippen LogP contribution in [0.4, 0.5) is 0 Å². The van der Waals surface area contributed by atoms with Crippen LogP contribution in [0.25, 0.3) is 10.4 Å². The zero-order valence-electron chi connectivity index (χ0n) is 10.1. The fraction of sp³-hybridized carbons (Fsp3) is 0.455. The third-order valence-electron chi connectivity index (χ3n) is 2.64. The highest BCUT2D eigenvalue weighted by molar-refractivity contribution is 5.88. The van der Waals surface area contributed by atoms with Crippen molar-refractivity contribution in [3.63, 3.8) is 0 Å². The van der Waals surface area contributed by atoms with Crippen LogP contribution in [0.1, 0.15) is 19.8 Å². The van der Waals surface area contributed by atoms with Gasteiger partial charge in [-0.2, -0.15) is 0 Å². The molecule has 7 nitrogen and oxygen atoms in total. The van der Waals surface area contributed by atoms with Crippen LogP contribution >= 0.6 is 0 Å². The van der Waals surface area contributed by atoms with E-state index in [1.54, 1.807) is 19.1 Å². The molecule has 2 amide bonds. The zero-order chi connectivity index (χ0) is 13.5. The van der Waals surface area contributed by atoms with Crippen molar-refractivity contribution in [1.29, 1.82) is 0 Å². The molecule has 0 aromatic carbocycles. The second-order valence-corrected chi connectivity index (χ2v) is 3.82. The molecule has 1 unspecified atom stereocenters. The molecule has 96 valence electrons. The Morgan fingerprint density at radius 1 is 1.72 bits per heavy atom. The first-order valence-corrected chi connectivity index (χ1v) is 5.58. The van der Waals surface area contributed by atoms with Gasteiger partial charge in [0.2, 0.25) is 11.8 Å². The summed E-state index contributed by atoms with van der Waals surface area (Å²) in [7, 11) is 0. The number of azide groups is 1. The first-order chi connectivity index (χ1) is 8.60. The van der Waals surface area contributed by atoms with Gasteiger partial charge in [-0.25, -0.2) is 0 Å². The maximum atomic E-state index is 11.9. The number of primary amides is 1. The molecule has 0 aromatic heterocycles. The Kier molecular flexibility index (Phi) is 4.95. The van der Waals surface area contributed by atoms with Crippen molar-refractivity contribution in [3.05, 3.63) is 34.4 Å². The highest BCUT2D eigenvalue weighted by atomic mass is 16.2. The van der Waals surface area contributed by atoms with Crippen LogP contribution in [0, 0.1) is 0 Å². The van der Waals surface area contributed by atoms with Crippen molar-refractivity contribution in [2.24, 2.45) is 10.8 Å². The van der Waals surface area contributed by atoms with Gasteiger partial charge in [-0.3, -0.25) is 9.59 Å². The van der Waals surface area contributed by atoms with Gasteiger partial charge >= 0.3 is 0 Å². The second kappa shape index (κ2) is 6.46. The number of carbonyl (C=O) groups excluding carboxylic acids is 2. The topological polar surface area (TPSA) is 112 Å². The zero-order valence-corrected chi connectivity index (χ0v) is 10.1. The van der Waals surface area contributed by atoms with E-state index < -0.39 is 11.9 Å². The van der Waals surface area contributed by atoms with Crippen molar-refractivity contribution in [1.82, 2.24) is 4.90 Å². The van der Waals surface area contributed by atoms with E-state index in [2.05, 4.69) is 10.0 Å². The van der Waals surface area contributed by atoms with Crippen molar-refractivity contribution in [2.75, 3.05) is 6.54 Å². The summed E-state index contributed by atoms with van der Waals surface area (Å²) in [5.41, 5.74) is 14.2. The molecule has 18 heavy (non-hydrogen) atoms. The predicted octanol–water partition coefficient (Wildman–Crippen LogP) is 1.23. The summed E-state index contributed by atoms with van der Waals surface area (Å²) in [6.45, 7) is 1.97. The molecule has 0 aliphatic carbocycles. The number of carbonyl (C=O) groups is 2. The summed E-state index contributed by atoms with van der Waals surface area (Å²) in [6, 6.07) is -0.638. The first kappa shape index (κ1) is 13.8. The molecule has 2 N–H and O–H groups in total. The third-order valence-corrected chi connectivity index (χ3v) is 2.64. The van der Waals surface area contributed by atoms with E-state index in [9.17, 15) is 9.59 Å². The van der Waals surface area contributed by atoms with Crippen LogP contribution in [0.15, 0.2) is 29.0 Å². The molecular weight excluding hydrogens is 234 g/mol. The lowest BCUT2D eigenvalue weighted by Crippen LogP contribution is -2.44. The lowest BCUT2D eigenvalue weighted by atomic mass is 10.2. The van der Waals surface area contributed by atoms with Crippen molar-refractivity contribution in [3.8, 4) is 0 Å². The Labute approximate surface area is 105 Å². The van der Waals surface area contributed by atoms with Gasteiger partial charge in [0.1, 0.15) is 6.04 Å². The van der Waals surface area contributed by atoms with Crippen molar-refractivity contribution in [2.45, 2.75) is 25.8 Å². The minimum absolute atomic E-state index is 0.160. The standard InChI is InChI=1S/C11H15N5O2/c1-2-9(11(12)18)16-6-5-8(7-14-15-13)3-4-10(16)17/h3,5-6,9H,2,4,7H2,1H3,(H2,12,18).